The fraction of sp³-hybridized carbons (Fsp3) is 0.429. The number of hydrogen-bond acceptors (Lipinski definition) is 4. The van der Waals surface area contributed by atoms with Gasteiger partial charge in [0.15, 0.2) is 0 Å². The predicted octanol–water partition coefficient (Wildman–Crippen LogP) is 2.70. The first-order valence-corrected chi connectivity index (χ1v) is 6.12. The van der Waals surface area contributed by atoms with Gasteiger partial charge in [-0.2, -0.15) is 0 Å². The minimum Gasteiger partial charge on any atom is -0.468 e. The Labute approximate surface area is 107 Å². The van der Waals surface area contributed by atoms with Crippen LogP contribution >= 0.6 is 0 Å². The van der Waals surface area contributed by atoms with Gasteiger partial charge < -0.3 is 14.6 Å². The molecule has 98 valence electrons. The third-order valence-electron chi connectivity index (χ3n) is 3.01. The summed E-state index contributed by atoms with van der Waals surface area (Å²) in [7, 11) is 2.02. The third kappa shape index (κ3) is 2.83. The van der Waals surface area contributed by atoms with Gasteiger partial charge in [0.25, 0.3) is 0 Å². The van der Waals surface area contributed by atoms with E-state index in [1.54, 1.807) is 6.26 Å². The monoisotopic (exact) mass is 248 g/mol. The number of nitrogens with zero attached hydrogens (tertiary/aromatic N) is 1. The lowest BCUT2D eigenvalue weighted by atomic mass is 10.1. The van der Waals surface area contributed by atoms with Crippen molar-refractivity contribution >= 4 is 0 Å². The zero-order valence-corrected chi connectivity index (χ0v) is 11.1. The number of hydrogen-bond donors (Lipinski definition) is 1. The van der Waals surface area contributed by atoms with Crippen LogP contribution in [-0.2, 0) is 6.54 Å². The molecule has 0 spiro atoms. The first-order valence-electron chi connectivity index (χ1n) is 6.12. The first-order chi connectivity index (χ1) is 8.58. The molecule has 4 heteroatoms. The first kappa shape index (κ1) is 12.9. The van der Waals surface area contributed by atoms with Crippen LogP contribution in [-0.4, -0.2) is 18.0 Å². The van der Waals surface area contributed by atoms with Crippen LogP contribution in [0, 0.1) is 6.92 Å². The second-order valence-corrected chi connectivity index (χ2v) is 4.75. The van der Waals surface area contributed by atoms with Crippen molar-refractivity contribution in [1.29, 1.82) is 0 Å². The number of nitrogens with two attached hydrogens (primary N) is 1. The Morgan fingerprint density at radius 1 is 1.33 bits per heavy atom. The van der Waals surface area contributed by atoms with Crippen LogP contribution < -0.4 is 5.73 Å². The van der Waals surface area contributed by atoms with Crippen LogP contribution in [0.25, 0.3) is 0 Å². The van der Waals surface area contributed by atoms with Crippen LogP contribution in [0.5, 0.6) is 0 Å². The topological polar surface area (TPSA) is 55.5 Å². The Morgan fingerprint density at radius 2 is 2.11 bits per heavy atom. The zero-order chi connectivity index (χ0) is 13.1. The molecule has 2 rings (SSSR count). The Kier molecular flexibility index (Phi) is 3.89. The highest BCUT2D eigenvalue weighted by molar-refractivity contribution is 5.12. The molecule has 4 nitrogen and oxygen atoms in total. The molecule has 0 aliphatic rings. The smallest absolute Gasteiger partial charge is 0.122 e. The number of likely N-dealkylation sites (N-methyl/N-ethyl adjacent to an activating group) is 1. The second kappa shape index (κ2) is 5.42. The Bertz CT molecular complexity index is 474. The molecule has 2 atom stereocenters. The molecule has 2 unspecified atom stereocenters. The van der Waals surface area contributed by atoms with Gasteiger partial charge in [0.1, 0.15) is 17.3 Å². The highest BCUT2D eigenvalue weighted by Gasteiger charge is 2.24. The van der Waals surface area contributed by atoms with E-state index in [1.807, 2.05) is 45.2 Å². The number of aryl methyl sites for hydroxylation is 1. The Morgan fingerprint density at radius 3 is 2.61 bits per heavy atom. The summed E-state index contributed by atoms with van der Waals surface area (Å²) in [4.78, 5) is 2.14. The van der Waals surface area contributed by atoms with E-state index >= 15 is 0 Å². The van der Waals surface area contributed by atoms with Crippen molar-refractivity contribution in [3.05, 3.63) is 47.8 Å². The molecule has 18 heavy (non-hydrogen) atoms. The third-order valence-corrected chi connectivity index (χ3v) is 3.01. The van der Waals surface area contributed by atoms with Crippen molar-refractivity contribution in [3.8, 4) is 0 Å². The van der Waals surface area contributed by atoms with E-state index in [0.717, 1.165) is 17.3 Å². The van der Waals surface area contributed by atoms with Gasteiger partial charge in [-0.3, -0.25) is 4.90 Å². The van der Waals surface area contributed by atoms with E-state index in [0.29, 0.717) is 6.54 Å². The summed E-state index contributed by atoms with van der Waals surface area (Å²) in [5, 5.41) is 0. The fourth-order valence-corrected chi connectivity index (χ4v) is 2.24. The normalized spacial score (nSPS) is 14.9. The van der Waals surface area contributed by atoms with Gasteiger partial charge in [0, 0.05) is 6.04 Å². The van der Waals surface area contributed by atoms with Crippen molar-refractivity contribution in [2.24, 2.45) is 5.73 Å². The molecular weight excluding hydrogens is 228 g/mol. The maximum absolute atomic E-state index is 6.08. The Hall–Kier alpha value is -1.52. The summed E-state index contributed by atoms with van der Waals surface area (Å²) in [6.45, 7) is 4.63. The summed E-state index contributed by atoms with van der Waals surface area (Å²) in [5.74, 6) is 2.73. The average molecular weight is 248 g/mol. The molecule has 0 radical (unpaired) electrons. The van der Waals surface area contributed by atoms with Crippen molar-refractivity contribution < 1.29 is 8.83 Å². The fourth-order valence-electron chi connectivity index (χ4n) is 2.24. The van der Waals surface area contributed by atoms with Crippen LogP contribution in [0.2, 0.25) is 0 Å². The van der Waals surface area contributed by atoms with Gasteiger partial charge >= 0.3 is 0 Å². The van der Waals surface area contributed by atoms with E-state index in [9.17, 15) is 0 Å². The molecule has 0 saturated heterocycles. The summed E-state index contributed by atoms with van der Waals surface area (Å²) >= 11 is 0. The minimum absolute atomic E-state index is 0.0180. The van der Waals surface area contributed by atoms with Crippen molar-refractivity contribution in [1.82, 2.24) is 4.90 Å². The lowest BCUT2D eigenvalue weighted by Crippen LogP contribution is -2.36. The summed E-state index contributed by atoms with van der Waals surface area (Å²) in [6.07, 6.45) is 1.68. The lowest BCUT2D eigenvalue weighted by molar-refractivity contribution is 0.171. The van der Waals surface area contributed by atoms with E-state index in [4.69, 9.17) is 14.6 Å². The van der Waals surface area contributed by atoms with Crippen LogP contribution in [0.4, 0.5) is 0 Å². The van der Waals surface area contributed by atoms with Gasteiger partial charge in [-0.15, -0.1) is 0 Å². The van der Waals surface area contributed by atoms with E-state index in [-0.39, 0.29) is 12.1 Å². The molecule has 0 saturated carbocycles. The zero-order valence-electron chi connectivity index (χ0n) is 11.1. The lowest BCUT2D eigenvalue weighted by Gasteiger charge is -2.28. The van der Waals surface area contributed by atoms with E-state index < -0.39 is 0 Å². The summed E-state index contributed by atoms with van der Waals surface area (Å²) < 4.78 is 11.1. The van der Waals surface area contributed by atoms with Crippen LogP contribution in [0.1, 0.15) is 30.2 Å². The van der Waals surface area contributed by atoms with E-state index in [1.165, 1.54) is 0 Å². The molecule has 0 aliphatic heterocycles. The van der Waals surface area contributed by atoms with Gasteiger partial charge in [-0.25, -0.2) is 0 Å². The van der Waals surface area contributed by atoms with Crippen molar-refractivity contribution in [2.45, 2.75) is 32.5 Å². The molecule has 0 aromatic carbocycles. The highest BCUT2D eigenvalue weighted by atomic mass is 16.3. The summed E-state index contributed by atoms with van der Waals surface area (Å²) in [5.41, 5.74) is 6.08. The molecule has 0 bridgehead atoms. The number of rotatable bonds is 5. The SMILES string of the molecule is Cc1ccc(C(C(C)N)N(C)Cc2ccco2)o1. The number of furan rings is 2. The average Bonchev–Trinajstić information content (AvgIpc) is 2.90. The molecular formula is C14H20N2O2. The van der Waals surface area contributed by atoms with Gasteiger partial charge in [0.05, 0.1) is 18.8 Å². The summed E-state index contributed by atoms with van der Waals surface area (Å²) in [6, 6.07) is 7.83. The standard InChI is InChI=1S/C14H20N2O2/c1-10-6-7-13(18-10)14(11(2)15)16(3)9-12-5-4-8-17-12/h4-8,11,14H,9,15H2,1-3H3. The molecule has 2 aromatic rings. The quantitative estimate of drug-likeness (QED) is 0.884. The maximum Gasteiger partial charge on any atom is 0.122 e. The molecule has 0 fully saturated rings. The van der Waals surface area contributed by atoms with E-state index in [2.05, 4.69) is 4.90 Å². The van der Waals surface area contributed by atoms with Gasteiger partial charge in [-0.05, 0) is 45.2 Å². The van der Waals surface area contributed by atoms with Gasteiger partial charge in [0.2, 0.25) is 0 Å². The maximum atomic E-state index is 6.08. The molecule has 2 N–H and O–H groups in total. The predicted molar refractivity (Wildman–Crippen MR) is 70.0 cm³/mol. The minimum atomic E-state index is -0.0180. The van der Waals surface area contributed by atoms with Crippen LogP contribution in [0.3, 0.4) is 0 Å². The molecule has 2 aromatic heterocycles. The second-order valence-electron chi connectivity index (χ2n) is 4.75. The largest absolute Gasteiger partial charge is 0.468 e. The van der Waals surface area contributed by atoms with Crippen LogP contribution in [0.15, 0.2) is 39.4 Å². The molecule has 0 amide bonds. The molecule has 0 aliphatic carbocycles. The van der Waals surface area contributed by atoms with Crippen molar-refractivity contribution in [3.63, 3.8) is 0 Å². The highest BCUT2D eigenvalue weighted by Crippen LogP contribution is 2.25. The van der Waals surface area contributed by atoms with Crippen molar-refractivity contribution in [2.75, 3.05) is 7.05 Å². The van der Waals surface area contributed by atoms with Gasteiger partial charge in [-0.1, -0.05) is 0 Å². The molecule has 2 heterocycles. The Balaban J connectivity index is 2.15.